The predicted molar refractivity (Wildman–Crippen MR) is 110 cm³/mol. The van der Waals surface area contributed by atoms with Crippen molar-refractivity contribution >= 4 is 11.8 Å². The Morgan fingerprint density at radius 2 is 1.70 bits per heavy atom. The Morgan fingerprint density at radius 1 is 1.00 bits per heavy atom. The third-order valence-electron chi connectivity index (χ3n) is 5.67. The van der Waals surface area contributed by atoms with Gasteiger partial charge in [0.15, 0.2) is 5.78 Å². The van der Waals surface area contributed by atoms with Gasteiger partial charge >= 0.3 is 5.97 Å². The first-order valence-corrected chi connectivity index (χ1v) is 9.74. The fraction of sp³-hybridized carbons (Fsp3) is 0.250. The third-order valence-corrected chi connectivity index (χ3v) is 5.67. The highest BCUT2D eigenvalue weighted by Gasteiger charge is 2.43. The highest BCUT2D eigenvalue weighted by Crippen LogP contribution is 2.47. The molecule has 1 aliphatic carbocycles. The van der Waals surface area contributed by atoms with Gasteiger partial charge in [0.1, 0.15) is 17.1 Å². The molecule has 4 rings (SSSR count). The fourth-order valence-corrected chi connectivity index (χ4v) is 4.21. The van der Waals surface area contributed by atoms with E-state index >= 15 is 0 Å². The van der Waals surface area contributed by atoms with E-state index in [1.807, 2.05) is 42.5 Å². The van der Waals surface area contributed by atoms with Crippen molar-refractivity contribution in [3.05, 3.63) is 88.5 Å². The second-order valence-corrected chi connectivity index (χ2v) is 7.35. The van der Waals surface area contributed by atoms with Crippen molar-refractivity contribution < 1.29 is 23.8 Å². The van der Waals surface area contributed by atoms with Crippen LogP contribution in [0.5, 0.6) is 5.75 Å². The summed E-state index contributed by atoms with van der Waals surface area (Å²) in [5, 5.41) is 0. The zero-order valence-electron chi connectivity index (χ0n) is 16.9. The van der Waals surface area contributed by atoms with Gasteiger partial charge in [-0.25, -0.2) is 4.79 Å². The van der Waals surface area contributed by atoms with E-state index in [2.05, 4.69) is 0 Å². The number of nitrogens with two attached hydrogens (primary N) is 1. The van der Waals surface area contributed by atoms with Gasteiger partial charge in [-0.05, 0) is 29.2 Å². The normalized spacial score (nSPS) is 21.1. The van der Waals surface area contributed by atoms with Crippen molar-refractivity contribution in [3.63, 3.8) is 0 Å². The van der Waals surface area contributed by atoms with Crippen LogP contribution < -0.4 is 10.5 Å². The van der Waals surface area contributed by atoms with E-state index in [4.69, 9.17) is 19.9 Å². The number of methoxy groups -OCH3 is 2. The highest BCUT2D eigenvalue weighted by molar-refractivity contribution is 6.03. The maximum Gasteiger partial charge on any atom is 0.340 e. The minimum atomic E-state index is -0.642. The SMILES string of the molecule is COC(=O)C1=C(N)OC2=C(C(=O)C[C@@H](c3ccccc3)C2)[C@H]1c1ccc(OC)cc1. The van der Waals surface area contributed by atoms with Crippen molar-refractivity contribution in [2.75, 3.05) is 14.2 Å². The van der Waals surface area contributed by atoms with E-state index in [1.165, 1.54) is 7.11 Å². The van der Waals surface area contributed by atoms with Crippen LogP contribution in [0.15, 0.2) is 77.4 Å². The monoisotopic (exact) mass is 405 g/mol. The van der Waals surface area contributed by atoms with Crippen LogP contribution in [-0.2, 0) is 19.1 Å². The quantitative estimate of drug-likeness (QED) is 0.783. The van der Waals surface area contributed by atoms with Gasteiger partial charge in [0.2, 0.25) is 5.88 Å². The average molecular weight is 405 g/mol. The summed E-state index contributed by atoms with van der Waals surface area (Å²) in [5.41, 5.74) is 8.61. The molecule has 6 heteroatoms. The number of hydrogen-bond acceptors (Lipinski definition) is 6. The Morgan fingerprint density at radius 3 is 2.33 bits per heavy atom. The largest absolute Gasteiger partial charge is 0.497 e. The third kappa shape index (κ3) is 3.45. The molecule has 0 spiro atoms. The Labute approximate surface area is 174 Å². The molecule has 0 saturated carbocycles. The molecule has 6 nitrogen and oxygen atoms in total. The summed E-state index contributed by atoms with van der Waals surface area (Å²) in [5.74, 6) is -0.139. The lowest BCUT2D eigenvalue weighted by atomic mass is 9.73. The van der Waals surface area contributed by atoms with Crippen molar-refractivity contribution in [1.82, 2.24) is 0 Å². The van der Waals surface area contributed by atoms with Crippen LogP contribution in [0, 0.1) is 0 Å². The second kappa shape index (κ2) is 8.06. The van der Waals surface area contributed by atoms with Gasteiger partial charge in [0.25, 0.3) is 0 Å². The lowest BCUT2D eigenvalue weighted by molar-refractivity contribution is -0.136. The van der Waals surface area contributed by atoms with E-state index in [-0.39, 0.29) is 23.2 Å². The maximum absolute atomic E-state index is 13.3. The molecule has 2 atom stereocenters. The van der Waals surface area contributed by atoms with Crippen LogP contribution in [0.3, 0.4) is 0 Å². The number of rotatable bonds is 4. The van der Waals surface area contributed by atoms with Crippen molar-refractivity contribution in [1.29, 1.82) is 0 Å². The summed E-state index contributed by atoms with van der Waals surface area (Å²) < 4.78 is 16.0. The number of esters is 1. The van der Waals surface area contributed by atoms with Crippen molar-refractivity contribution in [2.24, 2.45) is 5.73 Å². The van der Waals surface area contributed by atoms with Crippen LogP contribution in [0.4, 0.5) is 0 Å². The molecule has 2 aliphatic rings. The number of hydrogen-bond donors (Lipinski definition) is 1. The summed E-state index contributed by atoms with van der Waals surface area (Å²) in [6.45, 7) is 0. The number of ketones is 1. The highest BCUT2D eigenvalue weighted by atomic mass is 16.5. The van der Waals surface area contributed by atoms with Gasteiger partial charge in [-0.1, -0.05) is 42.5 Å². The second-order valence-electron chi connectivity index (χ2n) is 7.35. The molecule has 2 aromatic carbocycles. The standard InChI is InChI=1S/C24H23NO5/c1-28-17-10-8-15(9-11-17)20-21-18(26)12-16(14-6-4-3-5-7-14)13-19(21)30-23(25)22(20)24(27)29-2/h3-11,16,20H,12-13,25H2,1-2H3/t16-,20-/m1/s1. The van der Waals surface area contributed by atoms with Crippen LogP contribution in [0.2, 0.25) is 0 Å². The number of carbonyl (C=O) groups excluding carboxylic acids is 2. The van der Waals surface area contributed by atoms with E-state index < -0.39 is 11.9 Å². The molecule has 0 aromatic heterocycles. The molecule has 1 aliphatic heterocycles. The summed E-state index contributed by atoms with van der Waals surface area (Å²) in [6.07, 6.45) is 0.875. The summed E-state index contributed by atoms with van der Waals surface area (Å²) in [6, 6.07) is 17.1. The van der Waals surface area contributed by atoms with Gasteiger partial charge in [-0.2, -0.15) is 0 Å². The van der Waals surface area contributed by atoms with E-state index in [0.717, 1.165) is 11.1 Å². The molecule has 1 heterocycles. The van der Waals surface area contributed by atoms with Crippen LogP contribution in [-0.4, -0.2) is 26.0 Å². The minimum absolute atomic E-state index is 0.00134. The molecule has 0 saturated heterocycles. The minimum Gasteiger partial charge on any atom is -0.497 e. The zero-order chi connectivity index (χ0) is 21.3. The van der Waals surface area contributed by atoms with Crippen molar-refractivity contribution in [3.8, 4) is 5.75 Å². The molecule has 0 amide bonds. The Bertz CT molecular complexity index is 1040. The van der Waals surface area contributed by atoms with Gasteiger partial charge in [-0.15, -0.1) is 0 Å². The fourth-order valence-electron chi connectivity index (χ4n) is 4.21. The summed E-state index contributed by atoms with van der Waals surface area (Å²) in [4.78, 5) is 25.9. The van der Waals surface area contributed by atoms with E-state index in [1.54, 1.807) is 19.2 Å². The van der Waals surface area contributed by atoms with Gasteiger partial charge in [-0.3, -0.25) is 4.79 Å². The predicted octanol–water partition coefficient (Wildman–Crippen LogP) is 3.55. The number of Topliss-reactive ketones (excluding diaryl/α,β-unsaturated/α-hetero) is 1. The molecular weight excluding hydrogens is 382 g/mol. The first-order valence-electron chi connectivity index (χ1n) is 9.74. The Balaban J connectivity index is 1.80. The van der Waals surface area contributed by atoms with E-state index in [9.17, 15) is 9.59 Å². The lowest BCUT2D eigenvalue weighted by Crippen LogP contribution is -2.32. The molecule has 2 aromatic rings. The summed E-state index contributed by atoms with van der Waals surface area (Å²) in [7, 11) is 2.86. The smallest absolute Gasteiger partial charge is 0.340 e. The number of carbonyl (C=O) groups is 2. The number of allylic oxidation sites excluding steroid dienone is 2. The maximum atomic E-state index is 13.3. The van der Waals surface area contributed by atoms with Gasteiger partial charge in [0.05, 0.1) is 20.1 Å². The topological polar surface area (TPSA) is 87.9 Å². The van der Waals surface area contributed by atoms with Gasteiger partial charge in [0, 0.05) is 18.4 Å². The molecule has 154 valence electrons. The van der Waals surface area contributed by atoms with Crippen LogP contribution in [0.25, 0.3) is 0 Å². The summed E-state index contributed by atoms with van der Waals surface area (Å²) >= 11 is 0. The Kier molecular flexibility index (Phi) is 5.31. The average Bonchev–Trinajstić information content (AvgIpc) is 2.78. The Hall–Kier alpha value is -3.54. The number of benzene rings is 2. The molecule has 0 bridgehead atoms. The molecule has 0 fully saturated rings. The number of ether oxygens (including phenoxy) is 3. The van der Waals surface area contributed by atoms with E-state index in [0.29, 0.717) is 29.9 Å². The van der Waals surface area contributed by atoms with Crippen LogP contribution >= 0.6 is 0 Å². The first-order chi connectivity index (χ1) is 14.5. The van der Waals surface area contributed by atoms with Crippen molar-refractivity contribution in [2.45, 2.75) is 24.7 Å². The molecular formula is C24H23NO5. The van der Waals surface area contributed by atoms with Crippen LogP contribution in [0.1, 0.15) is 35.8 Å². The molecule has 2 N–H and O–H groups in total. The molecule has 30 heavy (non-hydrogen) atoms. The zero-order valence-corrected chi connectivity index (χ0v) is 16.9. The first kappa shape index (κ1) is 19.8. The van der Waals surface area contributed by atoms with Gasteiger partial charge < -0.3 is 19.9 Å². The lowest BCUT2D eigenvalue weighted by Gasteiger charge is -2.35. The molecule has 0 unspecified atom stereocenters. The molecule has 0 radical (unpaired) electrons.